The number of benzene rings is 2. The van der Waals surface area contributed by atoms with Crippen molar-refractivity contribution in [2.24, 2.45) is 0 Å². The molecule has 2 heterocycles. The molecule has 1 aromatic heterocycles. The summed E-state index contributed by atoms with van der Waals surface area (Å²) in [6.45, 7) is 7.91. The molecule has 1 fully saturated rings. The Labute approximate surface area is 171 Å². The van der Waals surface area contributed by atoms with Gasteiger partial charge in [-0.05, 0) is 42.0 Å². The molecule has 5 nitrogen and oxygen atoms in total. The maximum atomic E-state index is 12.7. The van der Waals surface area contributed by atoms with Gasteiger partial charge in [-0.3, -0.25) is 4.79 Å². The summed E-state index contributed by atoms with van der Waals surface area (Å²) >= 11 is 0. The monoisotopic (exact) mass is 392 g/mol. The third kappa shape index (κ3) is 4.29. The van der Waals surface area contributed by atoms with Crippen molar-refractivity contribution in [3.8, 4) is 5.75 Å². The van der Waals surface area contributed by atoms with Gasteiger partial charge in [0.15, 0.2) is 18.1 Å². The van der Waals surface area contributed by atoms with Gasteiger partial charge in [-0.15, -0.1) is 0 Å². The molecule has 0 bridgehead atoms. The number of para-hydroxylation sites is 3. The number of amides is 1. The lowest BCUT2D eigenvalue weighted by atomic mass is 9.86. The number of fused-ring (bicyclic) bond motifs is 1. The Kier molecular flexibility index (Phi) is 5.31. The number of carbonyl (C=O) groups excluding carboxylic acids is 1. The third-order valence-corrected chi connectivity index (χ3v) is 5.55. The number of carbonyl (C=O) groups is 1. The van der Waals surface area contributed by atoms with Crippen molar-refractivity contribution in [3.63, 3.8) is 0 Å². The number of nitrogens with zero attached hydrogens (tertiary/aromatic N) is 2. The molecule has 0 spiro atoms. The van der Waals surface area contributed by atoms with Crippen LogP contribution in [-0.4, -0.2) is 35.5 Å². The van der Waals surface area contributed by atoms with Crippen molar-refractivity contribution in [3.05, 3.63) is 60.0 Å². The van der Waals surface area contributed by atoms with E-state index in [1.54, 1.807) is 0 Å². The Hall–Kier alpha value is -2.82. The van der Waals surface area contributed by atoms with Crippen molar-refractivity contribution in [2.75, 3.05) is 19.7 Å². The van der Waals surface area contributed by atoms with Crippen LogP contribution in [0.25, 0.3) is 11.1 Å². The molecular formula is C24H28N2O3. The van der Waals surface area contributed by atoms with Crippen LogP contribution >= 0.6 is 0 Å². The first kappa shape index (κ1) is 19.5. The van der Waals surface area contributed by atoms with Crippen molar-refractivity contribution < 1.29 is 13.9 Å². The van der Waals surface area contributed by atoms with Crippen molar-refractivity contribution in [1.82, 2.24) is 9.88 Å². The second kappa shape index (κ2) is 7.90. The van der Waals surface area contributed by atoms with E-state index >= 15 is 0 Å². The average Bonchev–Trinajstić information content (AvgIpc) is 3.16. The van der Waals surface area contributed by atoms with Crippen LogP contribution in [0.1, 0.15) is 51.0 Å². The normalized spacial score (nSPS) is 15.6. The van der Waals surface area contributed by atoms with Gasteiger partial charge >= 0.3 is 0 Å². The zero-order valence-corrected chi connectivity index (χ0v) is 17.4. The molecule has 29 heavy (non-hydrogen) atoms. The zero-order chi connectivity index (χ0) is 20.4. The van der Waals surface area contributed by atoms with Gasteiger partial charge in [0, 0.05) is 19.0 Å². The van der Waals surface area contributed by atoms with Crippen LogP contribution in [0.4, 0.5) is 0 Å². The lowest BCUT2D eigenvalue weighted by molar-refractivity contribution is -0.134. The molecule has 0 saturated carbocycles. The van der Waals surface area contributed by atoms with E-state index in [2.05, 4.69) is 31.8 Å². The Balaban J connectivity index is 1.34. The summed E-state index contributed by atoms with van der Waals surface area (Å²) in [7, 11) is 0. The zero-order valence-electron chi connectivity index (χ0n) is 17.4. The van der Waals surface area contributed by atoms with Crippen LogP contribution in [-0.2, 0) is 10.2 Å². The number of oxazole rings is 1. The smallest absolute Gasteiger partial charge is 0.260 e. The van der Waals surface area contributed by atoms with Crippen molar-refractivity contribution in [2.45, 2.75) is 44.9 Å². The maximum absolute atomic E-state index is 12.7. The van der Waals surface area contributed by atoms with E-state index in [0.29, 0.717) is 13.1 Å². The summed E-state index contributed by atoms with van der Waals surface area (Å²) in [5, 5.41) is 0. The van der Waals surface area contributed by atoms with Gasteiger partial charge in [-0.2, -0.15) is 0 Å². The minimum atomic E-state index is -0.0302. The van der Waals surface area contributed by atoms with Gasteiger partial charge in [0.25, 0.3) is 5.91 Å². The number of likely N-dealkylation sites (tertiary alicyclic amines) is 1. The minimum absolute atomic E-state index is 0.0302. The molecule has 2 aromatic carbocycles. The molecule has 1 aliphatic heterocycles. The van der Waals surface area contributed by atoms with Gasteiger partial charge < -0.3 is 14.1 Å². The van der Waals surface area contributed by atoms with Crippen LogP contribution in [0.2, 0.25) is 0 Å². The number of ether oxygens (including phenoxy) is 1. The minimum Gasteiger partial charge on any atom is -0.483 e. The van der Waals surface area contributed by atoms with Crippen LogP contribution in [0.15, 0.2) is 52.9 Å². The highest BCUT2D eigenvalue weighted by Gasteiger charge is 2.27. The van der Waals surface area contributed by atoms with E-state index in [-0.39, 0.29) is 23.8 Å². The topological polar surface area (TPSA) is 55.6 Å². The van der Waals surface area contributed by atoms with Gasteiger partial charge in [-0.25, -0.2) is 4.98 Å². The molecule has 1 aliphatic rings. The number of aromatic nitrogens is 1. The molecule has 3 aromatic rings. The fourth-order valence-electron chi connectivity index (χ4n) is 3.88. The number of piperidine rings is 1. The molecule has 5 heteroatoms. The van der Waals surface area contributed by atoms with Crippen molar-refractivity contribution in [1.29, 1.82) is 0 Å². The lowest BCUT2D eigenvalue weighted by Crippen LogP contribution is -2.40. The highest BCUT2D eigenvalue weighted by Crippen LogP contribution is 2.32. The highest BCUT2D eigenvalue weighted by molar-refractivity contribution is 5.78. The molecular weight excluding hydrogens is 364 g/mol. The summed E-state index contributed by atoms with van der Waals surface area (Å²) < 4.78 is 11.8. The summed E-state index contributed by atoms with van der Waals surface area (Å²) in [6, 6.07) is 15.8. The van der Waals surface area contributed by atoms with E-state index < -0.39 is 0 Å². The third-order valence-electron chi connectivity index (χ3n) is 5.55. The number of hydrogen-bond donors (Lipinski definition) is 0. The summed E-state index contributed by atoms with van der Waals surface area (Å²) in [5.74, 6) is 1.86. The first-order chi connectivity index (χ1) is 13.9. The predicted molar refractivity (Wildman–Crippen MR) is 113 cm³/mol. The van der Waals surface area contributed by atoms with E-state index in [1.807, 2.05) is 47.4 Å². The second-order valence-corrected chi connectivity index (χ2v) is 8.71. The number of rotatable bonds is 4. The number of hydrogen-bond acceptors (Lipinski definition) is 4. The van der Waals surface area contributed by atoms with Gasteiger partial charge in [0.1, 0.15) is 11.3 Å². The average molecular weight is 392 g/mol. The lowest BCUT2D eigenvalue weighted by Gasteiger charge is -2.31. The van der Waals surface area contributed by atoms with E-state index in [4.69, 9.17) is 9.15 Å². The van der Waals surface area contributed by atoms with Crippen LogP contribution in [0, 0.1) is 0 Å². The standard InChI is InChI=1S/C24H28N2O3/c1-24(2,3)18-8-4-6-10-20(18)28-16-22(27)26-14-12-17(13-15-26)23-25-19-9-5-7-11-21(19)29-23/h4-11,17H,12-16H2,1-3H3. The van der Waals surface area contributed by atoms with Gasteiger partial charge in [0.2, 0.25) is 0 Å². The van der Waals surface area contributed by atoms with Gasteiger partial charge in [0.05, 0.1) is 0 Å². The SMILES string of the molecule is CC(C)(C)c1ccccc1OCC(=O)N1CCC(c2nc3ccccc3o2)CC1. The van der Waals surface area contributed by atoms with Gasteiger partial charge in [-0.1, -0.05) is 51.1 Å². The summed E-state index contributed by atoms with van der Waals surface area (Å²) in [6.07, 6.45) is 1.72. The Morgan fingerprint density at radius 3 is 2.52 bits per heavy atom. The largest absolute Gasteiger partial charge is 0.483 e. The summed E-state index contributed by atoms with van der Waals surface area (Å²) in [5.41, 5.74) is 2.80. The van der Waals surface area contributed by atoms with Crippen molar-refractivity contribution >= 4 is 17.0 Å². The molecule has 1 amide bonds. The van der Waals surface area contributed by atoms with E-state index in [0.717, 1.165) is 41.1 Å². The Morgan fingerprint density at radius 1 is 1.10 bits per heavy atom. The Morgan fingerprint density at radius 2 is 1.79 bits per heavy atom. The molecule has 1 saturated heterocycles. The molecule has 152 valence electrons. The molecule has 0 radical (unpaired) electrons. The highest BCUT2D eigenvalue weighted by atomic mass is 16.5. The maximum Gasteiger partial charge on any atom is 0.260 e. The molecule has 0 aliphatic carbocycles. The molecule has 0 N–H and O–H groups in total. The Bertz CT molecular complexity index is 962. The molecule has 4 rings (SSSR count). The first-order valence-corrected chi connectivity index (χ1v) is 10.3. The van der Waals surface area contributed by atoms with Crippen LogP contribution in [0.5, 0.6) is 5.75 Å². The quantitative estimate of drug-likeness (QED) is 0.633. The first-order valence-electron chi connectivity index (χ1n) is 10.3. The molecule has 0 unspecified atom stereocenters. The second-order valence-electron chi connectivity index (χ2n) is 8.71. The fraction of sp³-hybridized carbons (Fsp3) is 0.417. The van der Waals surface area contributed by atoms with Crippen LogP contribution < -0.4 is 4.74 Å². The predicted octanol–water partition coefficient (Wildman–Crippen LogP) is 4.91. The van der Waals surface area contributed by atoms with E-state index in [9.17, 15) is 4.79 Å². The van der Waals surface area contributed by atoms with Crippen LogP contribution in [0.3, 0.4) is 0 Å². The fourth-order valence-corrected chi connectivity index (χ4v) is 3.88. The van der Waals surface area contributed by atoms with E-state index in [1.165, 1.54) is 0 Å². The summed E-state index contributed by atoms with van der Waals surface area (Å²) in [4.78, 5) is 19.2. The molecule has 0 atom stereocenters.